The maximum absolute atomic E-state index is 7.41. The van der Waals surface area contributed by atoms with Crippen LogP contribution in [0.2, 0.25) is 29.6 Å². The van der Waals surface area contributed by atoms with Crippen LogP contribution in [0.15, 0.2) is 33.1 Å². The summed E-state index contributed by atoms with van der Waals surface area (Å²) in [7, 11) is 0. The second-order valence-corrected chi connectivity index (χ2v) is 56.9. The van der Waals surface area contributed by atoms with E-state index < -0.39 is 36.8 Å². The predicted molar refractivity (Wildman–Crippen MR) is 324 cm³/mol. The van der Waals surface area contributed by atoms with Crippen molar-refractivity contribution in [1.29, 1.82) is 0 Å². The molecule has 0 aliphatic carbocycles. The van der Waals surface area contributed by atoms with Gasteiger partial charge < -0.3 is 0 Å². The summed E-state index contributed by atoms with van der Waals surface area (Å²) in [4.78, 5) is 18.5. The average molecular weight is 1210 g/mol. The van der Waals surface area contributed by atoms with Crippen LogP contribution in [0.1, 0.15) is 255 Å². The summed E-state index contributed by atoms with van der Waals surface area (Å²) in [5, 5.41) is 2.63. The fraction of sp³-hybridized carbons (Fsp3) is 0.719. The first kappa shape index (κ1) is 60.2. The van der Waals surface area contributed by atoms with E-state index in [4.69, 9.17) is 8.83 Å². The Morgan fingerprint density at radius 1 is 0.329 bits per heavy atom. The normalized spacial score (nSPS) is 12.5. The van der Waals surface area contributed by atoms with Gasteiger partial charge in [-0.1, -0.05) is 53.4 Å². The van der Waals surface area contributed by atoms with E-state index in [2.05, 4.69) is 104 Å². The number of unbranched alkanes of at least 4 members (excludes halogenated alkanes) is 28. The average Bonchev–Trinajstić information content (AvgIpc) is 4.12. The molecule has 0 aliphatic rings. The third kappa shape index (κ3) is 19.5. The van der Waals surface area contributed by atoms with E-state index in [1.54, 1.807) is 16.9 Å². The molecule has 4 heterocycles. The Morgan fingerprint density at radius 3 is 0.857 bits per heavy atom. The summed E-state index contributed by atoms with van der Waals surface area (Å²) >= 11 is -0.497. The molecular formula is C64H106O2S2Sn2. The summed E-state index contributed by atoms with van der Waals surface area (Å²) < 4.78 is 18.2. The van der Waals surface area contributed by atoms with Gasteiger partial charge in [0, 0.05) is 0 Å². The Bertz CT molecular complexity index is 2030. The molecule has 5 aromatic rings. The molecule has 0 spiro atoms. The van der Waals surface area contributed by atoms with Crippen LogP contribution in [0.3, 0.4) is 0 Å². The van der Waals surface area contributed by atoms with Crippen LogP contribution in [0.25, 0.3) is 43.2 Å². The molecule has 5 rings (SSSR count). The number of benzene rings is 1. The van der Waals surface area contributed by atoms with Crippen molar-refractivity contribution < 1.29 is 8.83 Å². The molecule has 0 saturated carbocycles. The molecule has 0 radical (unpaired) electrons. The van der Waals surface area contributed by atoms with E-state index in [1.165, 1.54) is 261 Å². The standard InChI is InChI=1S/C58H88O2S2.6CH3.2Sn/c1-5-9-13-17-21-25-29-33-37-47-41-43-61-57(47)55-49(39-35-31-27-23-19-15-11-7-3)51-45-54-52(46-53(51)59-55)50(40-36-32-28-24-20-16-12-8-4)56(60-54)58-48(42-44-62-58)38-34-30-26-22-18-14-10-6-2;;;;;;;;/h41-42,45-46H,5-40H2,1-4H3;6*1H3;;. The molecule has 0 atom stereocenters. The number of hydrogen-bond acceptors (Lipinski definition) is 4. The van der Waals surface area contributed by atoms with E-state index in [1.807, 2.05) is 0 Å². The van der Waals surface area contributed by atoms with Crippen LogP contribution in [0.4, 0.5) is 0 Å². The Balaban J connectivity index is 1.55. The van der Waals surface area contributed by atoms with Gasteiger partial charge in [0.15, 0.2) is 0 Å². The van der Waals surface area contributed by atoms with Gasteiger partial charge in [-0.05, 0) is 0 Å². The molecule has 0 aliphatic heterocycles. The first-order valence-electron chi connectivity index (χ1n) is 30.2. The van der Waals surface area contributed by atoms with Gasteiger partial charge in [0.2, 0.25) is 0 Å². The number of furan rings is 2. The number of thiophene rings is 2. The van der Waals surface area contributed by atoms with E-state index in [0.717, 1.165) is 24.0 Å². The summed E-state index contributed by atoms with van der Waals surface area (Å²) in [6.45, 7) is 9.30. The smallest absolute Gasteiger partial charge is 0.0654 e. The summed E-state index contributed by atoms with van der Waals surface area (Å²) in [5.74, 6) is 2.40. The van der Waals surface area contributed by atoms with Crippen molar-refractivity contribution >= 4 is 87.2 Å². The first-order valence-corrected chi connectivity index (χ1v) is 51.8. The molecule has 1 aromatic carbocycles. The van der Waals surface area contributed by atoms with Crippen molar-refractivity contribution in [3.8, 4) is 21.3 Å². The number of rotatable bonds is 40. The van der Waals surface area contributed by atoms with Gasteiger partial charge in [0.25, 0.3) is 0 Å². The van der Waals surface area contributed by atoms with Crippen LogP contribution in [0.5, 0.6) is 0 Å². The summed E-state index contributed by atoms with van der Waals surface area (Å²) in [6.07, 6.45) is 47.8. The fourth-order valence-electron chi connectivity index (χ4n) is 10.8. The van der Waals surface area contributed by atoms with E-state index in [9.17, 15) is 0 Å². The predicted octanol–water partition coefficient (Wildman–Crippen LogP) is 22.5. The molecule has 2 nitrogen and oxygen atoms in total. The third-order valence-electron chi connectivity index (χ3n) is 15.4. The first-order chi connectivity index (χ1) is 33.9. The van der Waals surface area contributed by atoms with Crippen molar-refractivity contribution in [1.82, 2.24) is 0 Å². The number of aryl methyl sites for hydroxylation is 4. The molecule has 0 bridgehead atoms. The molecule has 4 aromatic heterocycles. The Hall–Kier alpha value is -0.703. The Morgan fingerprint density at radius 2 is 0.586 bits per heavy atom. The molecule has 0 fully saturated rings. The van der Waals surface area contributed by atoms with E-state index in [0.29, 0.717) is 0 Å². The molecule has 0 saturated heterocycles. The van der Waals surface area contributed by atoms with Crippen LogP contribution in [0, 0.1) is 0 Å². The number of hydrogen-bond donors (Lipinski definition) is 0. The maximum atomic E-state index is 7.41. The SMILES string of the molecule is CCCCCCCCCCc1c[c]([Sn]([CH3])([CH3])[CH3])sc1-c1oc2cc3c(CCCCCCCCCC)c(-c4s[c]([Sn]([CH3])([CH3])[CH3])cc4CCCCCCCCCC)oc3cc2c1CCCCCCCCCC. The molecular weight excluding hydrogens is 1100 g/mol. The van der Waals surface area contributed by atoms with Crippen LogP contribution < -0.4 is 5.79 Å². The molecule has 0 N–H and O–H groups in total. The van der Waals surface area contributed by atoms with Crippen molar-refractivity contribution in [2.24, 2.45) is 0 Å². The van der Waals surface area contributed by atoms with Crippen molar-refractivity contribution in [2.75, 3.05) is 0 Å². The molecule has 0 unspecified atom stereocenters. The van der Waals surface area contributed by atoms with Crippen LogP contribution in [-0.2, 0) is 25.7 Å². The summed E-state index contributed by atoms with van der Waals surface area (Å²) in [6, 6.07) is 10.2. The second kappa shape index (κ2) is 32.7. The quantitative estimate of drug-likeness (QED) is 0.0289. The second-order valence-electron chi connectivity index (χ2n) is 24.0. The zero-order chi connectivity index (χ0) is 50.2. The van der Waals surface area contributed by atoms with E-state index >= 15 is 0 Å². The van der Waals surface area contributed by atoms with Crippen molar-refractivity contribution in [2.45, 2.75) is 288 Å². The molecule has 6 heteroatoms. The Kier molecular flexibility index (Phi) is 28.1. The van der Waals surface area contributed by atoms with Crippen LogP contribution in [-0.4, -0.2) is 36.8 Å². The zero-order valence-electron chi connectivity index (χ0n) is 47.4. The van der Waals surface area contributed by atoms with Gasteiger partial charge in [-0.15, -0.1) is 0 Å². The molecule has 394 valence electrons. The minimum absolute atomic E-state index is 1.08. The van der Waals surface area contributed by atoms with Gasteiger partial charge in [0.05, 0.1) is 0 Å². The van der Waals surface area contributed by atoms with Crippen molar-refractivity contribution in [3.05, 3.63) is 46.5 Å². The topological polar surface area (TPSA) is 26.3 Å². The minimum atomic E-state index is -2.36. The fourth-order valence-corrected chi connectivity index (χ4v) is 23.8. The minimum Gasteiger partial charge on any atom is -0.0654 e. The van der Waals surface area contributed by atoms with Gasteiger partial charge >= 0.3 is 399 Å². The monoisotopic (exact) mass is 1210 g/mol. The molecule has 0 amide bonds. The van der Waals surface area contributed by atoms with Gasteiger partial charge in [-0.2, -0.15) is 0 Å². The van der Waals surface area contributed by atoms with Gasteiger partial charge in [-0.25, -0.2) is 0 Å². The Labute approximate surface area is 448 Å². The van der Waals surface area contributed by atoms with E-state index in [-0.39, 0.29) is 0 Å². The zero-order valence-corrected chi connectivity index (χ0v) is 54.7. The van der Waals surface area contributed by atoms with Crippen LogP contribution >= 0.6 is 22.7 Å². The number of fused-ring (bicyclic) bond motifs is 2. The van der Waals surface area contributed by atoms with Crippen molar-refractivity contribution in [3.63, 3.8) is 0 Å². The van der Waals surface area contributed by atoms with Gasteiger partial charge in [-0.3, -0.25) is 0 Å². The third-order valence-corrected chi connectivity index (χ3v) is 36.6. The van der Waals surface area contributed by atoms with Gasteiger partial charge in [0.1, 0.15) is 0 Å². The molecule has 70 heavy (non-hydrogen) atoms. The summed E-state index contributed by atoms with van der Waals surface area (Å²) in [5.41, 5.74) is 8.22.